The first kappa shape index (κ1) is 40.9. The Morgan fingerprint density at radius 3 is 2.08 bits per heavy atom. The second-order valence-corrected chi connectivity index (χ2v) is 15.7. The van der Waals surface area contributed by atoms with Crippen molar-refractivity contribution >= 4 is 38.8 Å². The van der Waals surface area contributed by atoms with E-state index in [1.807, 2.05) is 32.0 Å². The van der Waals surface area contributed by atoms with Crippen LogP contribution in [0, 0.1) is 6.92 Å². The molecule has 7 aromatic carbocycles. The van der Waals surface area contributed by atoms with E-state index < -0.39 is 0 Å². The molecule has 1 atom stereocenters. The van der Waals surface area contributed by atoms with Crippen LogP contribution in [-0.2, 0) is 6.42 Å². The molecule has 2 nitrogen and oxygen atoms in total. The minimum absolute atomic E-state index is 0.237. The second kappa shape index (κ2) is 19.0. The zero-order chi connectivity index (χ0) is 42.1. The van der Waals surface area contributed by atoms with Crippen LogP contribution in [0.15, 0.2) is 205 Å². The van der Waals surface area contributed by atoms with Crippen molar-refractivity contribution in [2.75, 3.05) is 0 Å². The van der Waals surface area contributed by atoms with Crippen LogP contribution >= 0.6 is 0 Å². The van der Waals surface area contributed by atoms with Crippen LogP contribution in [-0.4, -0.2) is 6.04 Å². The van der Waals surface area contributed by atoms with Crippen molar-refractivity contribution in [3.05, 3.63) is 234 Å². The fourth-order valence-corrected chi connectivity index (χ4v) is 8.77. The Kier molecular flexibility index (Phi) is 12.7. The summed E-state index contributed by atoms with van der Waals surface area (Å²) in [5, 5.41) is 6.36. The number of hydrogen-bond acceptors (Lipinski definition) is 2. The summed E-state index contributed by atoms with van der Waals surface area (Å²) in [7, 11) is 0. The molecule has 8 aromatic rings. The number of furan rings is 1. The van der Waals surface area contributed by atoms with Crippen molar-refractivity contribution in [1.82, 2.24) is 5.32 Å². The number of hydrogen-bond donors (Lipinski definition) is 1. The van der Waals surface area contributed by atoms with Crippen LogP contribution in [0.5, 0.6) is 0 Å². The van der Waals surface area contributed by atoms with Gasteiger partial charge < -0.3 is 9.73 Å². The van der Waals surface area contributed by atoms with Gasteiger partial charge in [-0.2, -0.15) is 0 Å². The van der Waals surface area contributed by atoms with Crippen LogP contribution in [0.2, 0.25) is 0 Å². The zero-order valence-corrected chi connectivity index (χ0v) is 35.9. The van der Waals surface area contributed by atoms with Crippen molar-refractivity contribution in [2.45, 2.75) is 59.4 Å². The van der Waals surface area contributed by atoms with Crippen LogP contribution in [0.3, 0.4) is 0 Å². The summed E-state index contributed by atoms with van der Waals surface area (Å²) >= 11 is 0. The van der Waals surface area contributed by atoms with E-state index in [2.05, 4.69) is 196 Å². The van der Waals surface area contributed by atoms with Gasteiger partial charge in [-0.25, -0.2) is 0 Å². The van der Waals surface area contributed by atoms with Crippen LogP contribution in [0.25, 0.3) is 61.0 Å². The molecule has 0 radical (unpaired) electrons. The highest BCUT2D eigenvalue weighted by atomic mass is 16.3. The molecule has 1 N–H and O–H groups in total. The Morgan fingerprint density at radius 2 is 1.31 bits per heavy atom. The highest BCUT2D eigenvalue weighted by Crippen LogP contribution is 2.39. The maximum atomic E-state index is 5.78. The molecular formula is C59H55NO. The molecule has 0 saturated heterocycles. The lowest BCUT2D eigenvalue weighted by atomic mass is 9.88. The molecule has 2 heteroatoms. The van der Waals surface area contributed by atoms with Gasteiger partial charge in [0.15, 0.2) is 0 Å². The van der Waals surface area contributed by atoms with Crippen LogP contribution < -0.4 is 5.32 Å². The number of aryl methyl sites for hydroxylation is 1. The lowest BCUT2D eigenvalue weighted by Crippen LogP contribution is -2.29. The molecule has 0 saturated carbocycles. The molecule has 302 valence electrons. The molecule has 0 fully saturated rings. The third-order valence-electron chi connectivity index (χ3n) is 11.9. The van der Waals surface area contributed by atoms with Gasteiger partial charge in [0.25, 0.3) is 0 Å². The standard InChI is InChI=1S/C44H39N.C13H10O.C2H6/c1-3-43(35-24-22-32(23-25-35)36-26-27-42-38(29-36)30-37-18-10-11-21-41(37)42)45-44(34-16-8-5-9-17-34)28-31(2)39-19-12-13-20-40(39)33-14-6-4-7-15-33;1-9-5-4-7-11-10-6-2-3-8-12(10)14-13(9)11;1-2/h4-22,24,26-29,43,45H,2-3,23,25,30H2,1H3;2-8H,1H3;1-2H3/b44-28-;;. The van der Waals surface area contributed by atoms with E-state index in [0.29, 0.717) is 0 Å². The van der Waals surface area contributed by atoms with E-state index in [0.717, 1.165) is 53.7 Å². The third-order valence-corrected chi connectivity index (χ3v) is 11.9. The van der Waals surface area contributed by atoms with Gasteiger partial charge in [-0.1, -0.05) is 203 Å². The zero-order valence-electron chi connectivity index (χ0n) is 35.9. The first-order valence-electron chi connectivity index (χ1n) is 21.9. The molecular weight excluding hydrogens is 739 g/mol. The van der Waals surface area contributed by atoms with Crippen molar-refractivity contribution in [2.24, 2.45) is 0 Å². The van der Waals surface area contributed by atoms with E-state index in [-0.39, 0.29) is 6.04 Å². The van der Waals surface area contributed by atoms with Gasteiger partial charge in [0, 0.05) is 22.5 Å². The molecule has 0 amide bonds. The fraction of sp³-hybridized carbons (Fsp3) is 0.153. The number of allylic oxidation sites excluding steroid dienone is 5. The number of rotatable bonds is 9. The lowest BCUT2D eigenvalue weighted by molar-refractivity contribution is 0.628. The summed E-state index contributed by atoms with van der Waals surface area (Å²) in [5.41, 5.74) is 19.9. The van der Waals surface area contributed by atoms with E-state index in [1.54, 1.807) is 0 Å². The van der Waals surface area contributed by atoms with Gasteiger partial charge in [0.2, 0.25) is 0 Å². The first-order valence-corrected chi connectivity index (χ1v) is 21.9. The Hall–Kier alpha value is -6.90. The normalized spacial score (nSPS) is 13.4. The number of benzene rings is 7. The Bertz CT molecular complexity index is 2890. The van der Waals surface area contributed by atoms with E-state index in [1.165, 1.54) is 72.0 Å². The monoisotopic (exact) mass is 793 g/mol. The minimum atomic E-state index is 0.237. The summed E-state index contributed by atoms with van der Waals surface area (Å²) in [4.78, 5) is 0. The number of para-hydroxylation sites is 2. The second-order valence-electron chi connectivity index (χ2n) is 15.7. The average molecular weight is 794 g/mol. The smallest absolute Gasteiger partial charge is 0.138 e. The first-order chi connectivity index (χ1) is 30.0. The van der Waals surface area contributed by atoms with Gasteiger partial charge in [0.05, 0.1) is 0 Å². The molecule has 0 aliphatic heterocycles. The van der Waals surface area contributed by atoms with E-state index in [4.69, 9.17) is 4.42 Å². The van der Waals surface area contributed by atoms with Crippen LogP contribution in [0.1, 0.15) is 73.4 Å². The maximum Gasteiger partial charge on any atom is 0.138 e. The average Bonchev–Trinajstić information content (AvgIpc) is 3.91. The molecule has 0 bridgehead atoms. The minimum Gasteiger partial charge on any atom is -0.456 e. The summed E-state index contributed by atoms with van der Waals surface area (Å²) in [6.07, 6.45) is 11.1. The number of fused-ring (bicyclic) bond motifs is 6. The summed E-state index contributed by atoms with van der Waals surface area (Å²) < 4.78 is 5.78. The Labute approximate surface area is 362 Å². The molecule has 1 aromatic heterocycles. The Morgan fingerprint density at radius 1 is 0.639 bits per heavy atom. The predicted molar refractivity (Wildman–Crippen MR) is 262 cm³/mol. The highest BCUT2D eigenvalue weighted by molar-refractivity contribution is 6.05. The molecule has 1 unspecified atom stereocenters. The molecule has 10 rings (SSSR count). The largest absolute Gasteiger partial charge is 0.456 e. The van der Waals surface area contributed by atoms with Gasteiger partial charge in [-0.3, -0.25) is 0 Å². The quantitative estimate of drug-likeness (QED) is 0.147. The van der Waals surface area contributed by atoms with Crippen LogP contribution in [0.4, 0.5) is 0 Å². The summed E-state index contributed by atoms with van der Waals surface area (Å²) in [6.45, 7) is 12.9. The SMILES string of the molecule is C=C(/C=C(\NC(CC)C1=CC=C(c2ccc3c(c2)Cc2ccccc2-3)CC1)c1ccccc1)c1ccccc1-c1ccccc1.CC.Cc1cccc2c1oc1ccccc12. The summed E-state index contributed by atoms with van der Waals surface area (Å²) in [5.74, 6) is 0. The predicted octanol–water partition coefficient (Wildman–Crippen LogP) is 16.1. The fourth-order valence-electron chi connectivity index (χ4n) is 8.77. The molecule has 0 spiro atoms. The maximum absolute atomic E-state index is 5.78. The highest BCUT2D eigenvalue weighted by Gasteiger charge is 2.21. The molecule has 2 aliphatic rings. The van der Waals surface area contributed by atoms with Crippen molar-refractivity contribution in [3.8, 4) is 22.3 Å². The lowest BCUT2D eigenvalue weighted by Gasteiger charge is -2.26. The molecule has 1 heterocycles. The van der Waals surface area contributed by atoms with Gasteiger partial charge in [-0.15, -0.1) is 0 Å². The van der Waals surface area contributed by atoms with Crippen molar-refractivity contribution in [1.29, 1.82) is 0 Å². The summed E-state index contributed by atoms with van der Waals surface area (Å²) in [6, 6.07) is 60.3. The third kappa shape index (κ3) is 8.86. The molecule has 2 aliphatic carbocycles. The topological polar surface area (TPSA) is 25.2 Å². The van der Waals surface area contributed by atoms with E-state index in [9.17, 15) is 0 Å². The Balaban J connectivity index is 0.000000268. The van der Waals surface area contributed by atoms with Crippen molar-refractivity contribution < 1.29 is 4.42 Å². The van der Waals surface area contributed by atoms with E-state index >= 15 is 0 Å². The number of nitrogens with one attached hydrogen (secondary N) is 1. The molecule has 61 heavy (non-hydrogen) atoms. The van der Waals surface area contributed by atoms with Gasteiger partial charge in [0.1, 0.15) is 11.2 Å². The van der Waals surface area contributed by atoms with Gasteiger partial charge >= 0.3 is 0 Å². The van der Waals surface area contributed by atoms with Gasteiger partial charge in [-0.05, 0) is 117 Å². The van der Waals surface area contributed by atoms with Crippen molar-refractivity contribution in [3.63, 3.8) is 0 Å².